The second-order valence-electron chi connectivity index (χ2n) is 4.80. The van der Waals surface area contributed by atoms with Crippen molar-refractivity contribution in [3.05, 3.63) is 60.7 Å². The SMILES string of the molecule is O=S(=O)(O)c1ccc2c([O-])ccc(N=Nc3ccccc3)c2c1.[Na+]. The minimum absolute atomic E-state index is 0. The van der Waals surface area contributed by atoms with Crippen molar-refractivity contribution < 1.29 is 47.6 Å². The molecule has 0 fully saturated rings. The number of hydrogen-bond acceptors (Lipinski definition) is 5. The molecule has 0 spiro atoms. The fourth-order valence-corrected chi connectivity index (χ4v) is 2.65. The summed E-state index contributed by atoms with van der Waals surface area (Å²) < 4.78 is 31.7. The Hall–Kier alpha value is -1.77. The molecule has 0 radical (unpaired) electrons. The van der Waals surface area contributed by atoms with Crippen LogP contribution in [0.25, 0.3) is 10.8 Å². The molecule has 0 unspecified atom stereocenters. The van der Waals surface area contributed by atoms with Gasteiger partial charge in [0.2, 0.25) is 0 Å². The van der Waals surface area contributed by atoms with Gasteiger partial charge in [0.25, 0.3) is 10.1 Å². The molecule has 0 aliphatic rings. The standard InChI is InChI=1S/C16H12N2O4S.Na/c19-16-9-8-15(18-17-11-4-2-1-3-5-11)14-10-12(23(20,21)22)6-7-13(14)16;/h1-10,19H,(H,20,21,22);/q;+1/p-1. The first-order valence-corrected chi connectivity index (χ1v) is 8.07. The van der Waals surface area contributed by atoms with E-state index in [0.29, 0.717) is 22.1 Å². The Morgan fingerprint density at radius 1 is 0.875 bits per heavy atom. The first kappa shape index (κ1) is 18.6. The molecule has 8 heteroatoms. The number of nitrogens with zero attached hydrogens (tertiary/aromatic N) is 2. The van der Waals surface area contributed by atoms with Crippen LogP contribution in [0, 0.1) is 0 Å². The van der Waals surface area contributed by atoms with Gasteiger partial charge in [-0.1, -0.05) is 30.3 Å². The second-order valence-corrected chi connectivity index (χ2v) is 6.22. The number of rotatable bonds is 3. The van der Waals surface area contributed by atoms with Crippen LogP contribution < -0.4 is 34.7 Å². The van der Waals surface area contributed by atoms with Gasteiger partial charge < -0.3 is 5.11 Å². The number of benzene rings is 3. The van der Waals surface area contributed by atoms with Gasteiger partial charge in [-0.3, -0.25) is 4.55 Å². The zero-order chi connectivity index (χ0) is 16.4. The zero-order valence-corrected chi connectivity index (χ0v) is 15.6. The first-order chi connectivity index (χ1) is 10.9. The van der Waals surface area contributed by atoms with Gasteiger partial charge in [-0.2, -0.15) is 13.5 Å². The fraction of sp³-hybridized carbons (Fsp3) is 0. The Morgan fingerprint density at radius 3 is 2.25 bits per heavy atom. The Labute approximate surface area is 160 Å². The maximum atomic E-state index is 11.9. The molecular weight excluding hydrogens is 339 g/mol. The van der Waals surface area contributed by atoms with E-state index in [4.69, 9.17) is 4.55 Å². The van der Waals surface area contributed by atoms with Crippen molar-refractivity contribution in [2.75, 3.05) is 0 Å². The summed E-state index contributed by atoms with van der Waals surface area (Å²) in [6, 6.07) is 15.5. The summed E-state index contributed by atoms with van der Waals surface area (Å²) in [7, 11) is -4.37. The fourth-order valence-electron chi connectivity index (χ4n) is 2.14. The van der Waals surface area contributed by atoms with E-state index in [1.54, 1.807) is 12.1 Å². The van der Waals surface area contributed by atoms with E-state index in [1.165, 1.54) is 30.3 Å². The number of fused-ring (bicyclic) bond motifs is 1. The molecule has 0 atom stereocenters. The second kappa shape index (κ2) is 7.42. The molecule has 3 aromatic carbocycles. The van der Waals surface area contributed by atoms with Gasteiger partial charge >= 0.3 is 29.6 Å². The average Bonchev–Trinajstić information content (AvgIpc) is 2.54. The van der Waals surface area contributed by atoms with Crippen LogP contribution in [0.1, 0.15) is 0 Å². The van der Waals surface area contributed by atoms with Crippen LogP contribution in [0.15, 0.2) is 75.8 Å². The maximum Gasteiger partial charge on any atom is 1.00 e. The molecule has 3 rings (SSSR count). The van der Waals surface area contributed by atoms with Crippen LogP contribution in [0.2, 0.25) is 0 Å². The van der Waals surface area contributed by atoms with Crippen molar-refractivity contribution in [3.8, 4) is 5.75 Å². The molecule has 0 saturated heterocycles. The zero-order valence-electron chi connectivity index (χ0n) is 12.7. The van der Waals surface area contributed by atoms with Crippen LogP contribution in [-0.4, -0.2) is 13.0 Å². The summed E-state index contributed by atoms with van der Waals surface area (Å²) in [4.78, 5) is -0.299. The summed E-state index contributed by atoms with van der Waals surface area (Å²) in [5, 5.41) is 20.6. The topological polar surface area (TPSA) is 102 Å². The molecule has 1 N–H and O–H groups in total. The van der Waals surface area contributed by atoms with E-state index in [0.717, 1.165) is 0 Å². The predicted molar refractivity (Wildman–Crippen MR) is 83.8 cm³/mol. The molecule has 0 aliphatic heterocycles. The summed E-state index contributed by atoms with van der Waals surface area (Å²) in [5.74, 6) is -0.263. The summed E-state index contributed by atoms with van der Waals surface area (Å²) in [6.45, 7) is 0. The molecular formula is C16H11N2NaO4S. The minimum Gasteiger partial charge on any atom is -0.872 e. The predicted octanol–water partition coefficient (Wildman–Crippen LogP) is 0.579. The van der Waals surface area contributed by atoms with Crippen LogP contribution in [-0.2, 0) is 10.1 Å². The molecule has 24 heavy (non-hydrogen) atoms. The molecule has 0 bridgehead atoms. The van der Waals surface area contributed by atoms with Gasteiger partial charge in [-0.15, -0.1) is 10.9 Å². The molecule has 6 nitrogen and oxygen atoms in total. The Kier molecular flexibility index (Phi) is 5.74. The Balaban J connectivity index is 0.00000208. The van der Waals surface area contributed by atoms with Gasteiger partial charge in [0.05, 0.1) is 16.3 Å². The van der Waals surface area contributed by atoms with Crippen molar-refractivity contribution in [2.45, 2.75) is 4.90 Å². The average molecular weight is 350 g/mol. The molecule has 0 aromatic heterocycles. The number of hydrogen-bond donors (Lipinski definition) is 1. The molecule has 116 valence electrons. The van der Waals surface area contributed by atoms with Crippen molar-refractivity contribution in [3.63, 3.8) is 0 Å². The summed E-state index contributed by atoms with van der Waals surface area (Å²) in [6.07, 6.45) is 0. The largest absolute Gasteiger partial charge is 1.00 e. The third-order valence-corrected chi connectivity index (χ3v) is 4.10. The van der Waals surface area contributed by atoms with Crippen LogP contribution in [0.4, 0.5) is 11.4 Å². The summed E-state index contributed by atoms with van der Waals surface area (Å²) >= 11 is 0. The van der Waals surface area contributed by atoms with Gasteiger partial charge in [-0.05, 0) is 35.7 Å². The molecule has 0 amide bonds. The molecule has 3 aromatic rings. The van der Waals surface area contributed by atoms with Crippen molar-refractivity contribution in [1.29, 1.82) is 0 Å². The van der Waals surface area contributed by atoms with E-state index in [2.05, 4.69) is 10.2 Å². The van der Waals surface area contributed by atoms with E-state index in [1.807, 2.05) is 18.2 Å². The summed E-state index contributed by atoms with van der Waals surface area (Å²) in [5.41, 5.74) is 0.965. The van der Waals surface area contributed by atoms with Crippen LogP contribution >= 0.6 is 0 Å². The molecule has 0 aliphatic carbocycles. The van der Waals surface area contributed by atoms with Gasteiger partial charge in [0.1, 0.15) is 0 Å². The van der Waals surface area contributed by atoms with Gasteiger partial charge in [0, 0.05) is 5.39 Å². The van der Waals surface area contributed by atoms with Crippen molar-refractivity contribution in [2.24, 2.45) is 10.2 Å². The van der Waals surface area contributed by atoms with Gasteiger partial charge in [-0.25, -0.2) is 0 Å². The van der Waals surface area contributed by atoms with E-state index in [-0.39, 0.29) is 40.2 Å². The van der Waals surface area contributed by atoms with Crippen LogP contribution in [0.5, 0.6) is 5.75 Å². The third-order valence-electron chi connectivity index (χ3n) is 3.25. The van der Waals surface area contributed by atoms with Crippen molar-refractivity contribution >= 4 is 32.3 Å². The Bertz CT molecular complexity index is 1010. The maximum absolute atomic E-state index is 11.9. The Morgan fingerprint density at radius 2 is 1.58 bits per heavy atom. The van der Waals surface area contributed by atoms with Crippen LogP contribution in [0.3, 0.4) is 0 Å². The molecule has 0 saturated carbocycles. The van der Waals surface area contributed by atoms with E-state index in [9.17, 15) is 13.5 Å². The van der Waals surface area contributed by atoms with Gasteiger partial charge in [0.15, 0.2) is 0 Å². The minimum atomic E-state index is -4.37. The van der Waals surface area contributed by atoms with E-state index < -0.39 is 10.1 Å². The van der Waals surface area contributed by atoms with E-state index >= 15 is 0 Å². The smallest absolute Gasteiger partial charge is 0.872 e. The monoisotopic (exact) mass is 350 g/mol. The third kappa shape index (κ3) is 4.00. The first-order valence-electron chi connectivity index (χ1n) is 6.63. The van der Waals surface area contributed by atoms with Crippen molar-refractivity contribution in [1.82, 2.24) is 0 Å². The molecule has 0 heterocycles. The quantitative estimate of drug-likeness (QED) is 0.424. The number of azo groups is 1. The normalized spacial score (nSPS) is 11.5.